The fourth-order valence-electron chi connectivity index (χ4n) is 5.22. The SMILES string of the molecule is CC(C)CN(CC(O)C(Cc1ccccc1)NC(=O)OC1COC2OCCC12)S(=O)(=O)c1ccc2c(c1)OCO2.S.S. The lowest BCUT2D eigenvalue weighted by atomic mass is 10.0. The van der Waals surface area contributed by atoms with E-state index in [0.717, 1.165) is 12.0 Å². The van der Waals surface area contributed by atoms with Crippen LogP contribution < -0.4 is 14.8 Å². The van der Waals surface area contributed by atoms with Crippen molar-refractivity contribution in [2.24, 2.45) is 11.8 Å². The molecule has 5 rings (SSSR count). The van der Waals surface area contributed by atoms with E-state index in [4.69, 9.17) is 23.7 Å². The highest BCUT2D eigenvalue weighted by atomic mass is 32.2. The first-order chi connectivity index (χ1) is 19.2. The molecule has 11 nitrogen and oxygen atoms in total. The maximum Gasteiger partial charge on any atom is 0.407 e. The summed E-state index contributed by atoms with van der Waals surface area (Å²) in [5.41, 5.74) is 0.870. The molecule has 2 N–H and O–H groups in total. The predicted octanol–water partition coefficient (Wildman–Crippen LogP) is 2.75. The summed E-state index contributed by atoms with van der Waals surface area (Å²) >= 11 is 0. The van der Waals surface area contributed by atoms with Crippen LogP contribution in [0.5, 0.6) is 11.5 Å². The monoisotopic (exact) mass is 644 g/mol. The normalized spacial score (nSPS) is 22.2. The van der Waals surface area contributed by atoms with Crippen LogP contribution in [0.4, 0.5) is 4.79 Å². The molecule has 2 aromatic rings. The van der Waals surface area contributed by atoms with E-state index in [1.165, 1.54) is 16.4 Å². The first kappa shape index (κ1) is 34.3. The van der Waals surface area contributed by atoms with Gasteiger partial charge >= 0.3 is 6.09 Å². The Kier molecular flexibility index (Phi) is 12.2. The molecule has 1 amide bonds. The van der Waals surface area contributed by atoms with Crippen LogP contribution in [0.3, 0.4) is 0 Å². The van der Waals surface area contributed by atoms with Gasteiger partial charge in [-0.15, -0.1) is 0 Å². The number of alkyl carbamates (subject to hydrolysis) is 1. The minimum Gasteiger partial charge on any atom is -0.454 e. The summed E-state index contributed by atoms with van der Waals surface area (Å²) in [6.45, 7) is 4.54. The second-order valence-electron chi connectivity index (χ2n) is 10.7. The fourth-order valence-corrected chi connectivity index (χ4v) is 6.86. The van der Waals surface area contributed by atoms with E-state index < -0.39 is 34.4 Å². The van der Waals surface area contributed by atoms with Crippen LogP contribution in [0.15, 0.2) is 53.4 Å². The smallest absolute Gasteiger partial charge is 0.407 e. The molecule has 0 aromatic heterocycles. The van der Waals surface area contributed by atoms with Crippen molar-refractivity contribution in [3.63, 3.8) is 0 Å². The lowest BCUT2D eigenvalue weighted by Crippen LogP contribution is -2.51. The molecule has 2 fully saturated rings. The summed E-state index contributed by atoms with van der Waals surface area (Å²) in [6.07, 6.45) is -1.75. The third-order valence-corrected chi connectivity index (χ3v) is 9.08. The third kappa shape index (κ3) is 8.04. The highest BCUT2D eigenvalue weighted by molar-refractivity contribution is 7.89. The zero-order chi connectivity index (χ0) is 28.3. The van der Waals surface area contributed by atoms with Gasteiger partial charge in [0.1, 0.15) is 6.10 Å². The van der Waals surface area contributed by atoms with Crippen LogP contribution in [0.1, 0.15) is 25.8 Å². The molecule has 5 unspecified atom stereocenters. The van der Waals surface area contributed by atoms with E-state index in [9.17, 15) is 18.3 Å². The van der Waals surface area contributed by atoms with Crippen LogP contribution in [0, 0.1) is 11.8 Å². The highest BCUT2D eigenvalue weighted by Crippen LogP contribution is 2.35. The Morgan fingerprint density at radius 3 is 2.55 bits per heavy atom. The molecule has 234 valence electrons. The number of hydrogen-bond donors (Lipinski definition) is 2. The number of carbonyl (C=O) groups is 1. The predicted molar refractivity (Wildman–Crippen MR) is 164 cm³/mol. The van der Waals surface area contributed by atoms with Gasteiger partial charge in [-0.2, -0.15) is 31.3 Å². The fraction of sp³-hybridized carbons (Fsp3) is 0.536. The van der Waals surface area contributed by atoms with Crippen molar-refractivity contribution in [3.05, 3.63) is 54.1 Å². The first-order valence-electron chi connectivity index (χ1n) is 13.5. The zero-order valence-electron chi connectivity index (χ0n) is 23.6. The Hall–Kier alpha value is -2.20. The standard InChI is InChI=1S/C28H36N2O9S.2H2S/c1-18(2)14-30(40(33,34)20-8-9-24-25(13-20)38-17-37-24)15-23(31)22(12-19-6-4-3-5-7-19)29-28(32)39-26-16-36-27-21(26)10-11-35-27;;/h3-9,13,18,21-23,26-27,31H,10-12,14-17H2,1-2H3,(H,29,32);2*1H2. The summed E-state index contributed by atoms with van der Waals surface area (Å²) in [7, 11) is -4.01. The second kappa shape index (κ2) is 15.0. The maximum atomic E-state index is 13.7. The Labute approximate surface area is 260 Å². The quantitative estimate of drug-likeness (QED) is 0.379. The number of hydrogen-bond acceptors (Lipinski definition) is 9. The average Bonchev–Trinajstić information content (AvgIpc) is 3.66. The first-order valence-corrected chi connectivity index (χ1v) is 15.0. The van der Waals surface area contributed by atoms with Crippen molar-refractivity contribution in [2.45, 2.75) is 56.1 Å². The Bertz CT molecular complexity index is 1280. The van der Waals surface area contributed by atoms with Gasteiger partial charge in [0.15, 0.2) is 17.8 Å². The van der Waals surface area contributed by atoms with Gasteiger partial charge in [0.2, 0.25) is 16.8 Å². The molecule has 5 atom stereocenters. The van der Waals surface area contributed by atoms with Gasteiger partial charge in [-0.3, -0.25) is 0 Å². The van der Waals surface area contributed by atoms with Crippen molar-refractivity contribution >= 4 is 43.1 Å². The van der Waals surface area contributed by atoms with E-state index >= 15 is 0 Å². The second-order valence-corrected chi connectivity index (χ2v) is 12.6. The average molecular weight is 645 g/mol. The van der Waals surface area contributed by atoms with Crippen LogP contribution in [0.25, 0.3) is 0 Å². The largest absolute Gasteiger partial charge is 0.454 e. The zero-order valence-corrected chi connectivity index (χ0v) is 26.4. The molecule has 0 aliphatic carbocycles. The topological polar surface area (TPSA) is 133 Å². The van der Waals surface area contributed by atoms with Gasteiger partial charge < -0.3 is 34.1 Å². The van der Waals surface area contributed by atoms with E-state index in [2.05, 4.69) is 5.32 Å². The number of ether oxygens (including phenoxy) is 5. The van der Waals surface area contributed by atoms with Gasteiger partial charge in [-0.1, -0.05) is 44.2 Å². The summed E-state index contributed by atoms with van der Waals surface area (Å²) in [5.74, 6) is 0.772. The molecule has 2 saturated heterocycles. The Balaban J connectivity index is 0.00000242. The molecular weight excluding hydrogens is 605 g/mol. The highest BCUT2D eigenvalue weighted by Gasteiger charge is 2.44. The molecule has 0 radical (unpaired) electrons. The third-order valence-electron chi connectivity index (χ3n) is 7.25. The Morgan fingerprint density at radius 2 is 1.81 bits per heavy atom. The van der Waals surface area contributed by atoms with Gasteiger partial charge in [0.25, 0.3) is 0 Å². The molecule has 42 heavy (non-hydrogen) atoms. The van der Waals surface area contributed by atoms with Crippen molar-refractivity contribution in [2.75, 3.05) is 33.1 Å². The molecule has 3 aliphatic rings. The molecule has 0 bridgehead atoms. The van der Waals surface area contributed by atoms with Crippen molar-refractivity contribution in [1.82, 2.24) is 9.62 Å². The van der Waals surface area contributed by atoms with Crippen molar-refractivity contribution in [1.29, 1.82) is 0 Å². The lowest BCUT2D eigenvalue weighted by molar-refractivity contribution is -0.0907. The number of nitrogens with one attached hydrogen (secondary N) is 1. The number of benzene rings is 2. The summed E-state index contributed by atoms with van der Waals surface area (Å²) in [6, 6.07) is 13.0. The molecule has 3 heterocycles. The van der Waals surface area contributed by atoms with Crippen molar-refractivity contribution < 1.29 is 42.0 Å². The minimum atomic E-state index is -4.01. The van der Waals surface area contributed by atoms with Gasteiger partial charge in [-0.05, 0) is 36.5 Å². The molecule has 0 saturated carbocycles. The molecule has 3 aliphatic heterocycles. The lowest BCUT2D eigenvalue weighted by Gasteiger charge is -2.31. The summed E-state index contributed by atoms with van der Waals surface area (Å²) in [5, 5.41) is 14.2. The van der Waals surface area contributed by atoms with E-state index in [1.54, 1.807) is 6.07 Å². The number of aliphatic hydroxyl groups excluding tert-OH is 1. The van der Waals surface area contributed by atoms with Crippen LogP contribution in [-0.2, 0) is 30.7 Å². The van der Waals surface area contributed by atoms with Crippen LogP contribution >= 0.6 is 27.0 Å². The van der Waals surface area contributed by atoms with E-state index in [1.807, 2.05) is 44.2 Å². The number of rotatable bonds is 11. The summed E-state index contributed by atoms with van der Waals surface area (Å²) < 4.78 is 56.1. The van der Waals surface area contributed by atoms with Gasteiger partial charge in [-0.25, -0.2) is 13.2 Å². The molecule has 2 aromatic carbocycles. The van der Waals surface area contributed by atoms with Crippen LogP contribution in [-0.4, -0.2) is 81.6 Å². The number of fused-ring (bicyclic) bond motifs is 2. The van der Waals surface area contributed by atoms with Crippen LogP contribution in [0.2, 0.25) is 0 Å². The number of nitrogens with zero attached hydrogens (tertiary/aromatic N) is 1. The molecular formula is C28H40N2O9S3. The van der Waals surface area contributed by atoms with E-state index in [-0.39, 0.29) is 82.9 Å². The number of amides is 1. The number of aliphatic hydroxyl groups is 1. The number of sulfonamides is 1. The minimum absolute atomic E-state index is 0. The summed E-state index contributed by atoms with van der Waals surface area (Å²) in [4.78, 5) is 13.0. The molecule has 14 heteroatoms. The van der Waals surface area contributed by atoms with Gasteiger partial charge in [0.05, 0.1) is 36.2 Å². The maximum absolute atomic E-state index is 13.7. The molecule has 0 spiro atoms. The van der Waals surface area contributed by atoms with E-state index in [0.29, 0.717) is 18.1 Å². The van der Waals surface area contributed by atoms with Crippen molar-refractivity contribution in [3.8, 4) is 11.5 Å². The van der Waals surface area contributed by atoms with Gasteiger partial charge in [0, 0.05) is 19.2 Å². The number of carbonyl (C=O) groups excluding carboxylic acids is 1. The Morgan fingerprint density at radius 1 is 1.07 bits per heavy atom.